The Labute approximate surface area is 92.2 Å². The number of hydrogen-bond donors (Lipinski definition) is 0. The van der Waals surface area contributed by atoms with Crippen molar-refractivity contribution < 1.29 is 4.74 Å². The van der Waals surface area contributed by atoms with Crippen molar-refractivity contribution in [2.75, 3.05) is 27.2 Å². The van der Waals surface area contributed by atoms with Gasteiger partial charge in [0.05, 0.1) is 13.2 Å². The Morgan fingerprint density at radius 2 is 2.20 bits per heavy atom. The van der Waals surface area contributed by atoms with Gasteiger partial charge in [0.2, 0.25) is 0 Å². The molecule has 2 nitrogen and oxygen atoms in total. The molecule has 0 spiro atoms. The minimum Gasteiger partial charge on any atom is -0.375 e. The van der Waals surface area contributed by atoms with E-state index in [1.165, 1.54) is 5.56 Å². The molecule has 0 radical (unpaired) electrons. The van der Waals surface area contributed by atoms with Gasteiger partial charge in [-0.1, -0.05) is 30.9 Å². The van der Waals surface area contributed by atoms with Crippen LogP contribution in [-0.4, -0.2) is 32.1 Å². The van der Waals surface area contributed by atoms with E-state index in [-0.39, 0.29) is 0 Å². The summed E-state index contributed by atoms with van der Waals surface area (Å²) in [6, 6.07) is 8.24. The molecule has 2 heteroatoms. The van der Waals surface area contributed by atoms with Crippen molar-refractivity contribution in [2.45, 2.75) is 6.61 Å². The minimum atomic E-state index is 0.676. The molecular formula is C13H19NO. The maximum Gasteiger partial charge on any atom is 0.0717 e. The molecule has 0 saturated heterocycles. The quantitative estimate of drug-likeness (QED) is 0.661. The van der Waals surface area contributed by atoms with E-state index in [1.807, 2.05) is 32.3 Å². The zero-order chi connectivity index (χ0) is 11.1. The fourth-order valence-electron chi connectivity index (χ4n) is 1.25. The highest BCUT2D eigenvalue weighted by atomic mass is 16.5. The monoisotopic (exact) mass is 205 g/mol. The molecule has 0 unspecified atom stereocenters. The van der Waals surface area contributed by atoms with Crippen LogP contribution in [0.3, 0.4) is 0 Å². The molecule has 0 bridgehead atoms. The summed E-state index contributed by atoms with van der Waals surface area (Å²) in [7, 11) is 4.09. The summed E-state index contributed by atoms with van der Waals surface area (Å²) in [5.74, 6) is 0. The summed E-state index contributed by atoms with van der Waals surface area (Å²) in [4.78, 5) is 2.11. The number of rotatable bonds is 6. The fraction of sp³-hybridized carbons (Fsp3) is 0.385. The number of nitrogens with zero attached hydrogens (tertiary/aromatic N) is 1. The highest BCUT2D eigenvalue weighted by molar-refractivity contribution is 5.47. The predicted octanol–water partition coefficient (Wildman–Crippen LogP) is 2.41. The molecule has 0 aliphatic heterocycles. The van der Waals surface area contributed by atoms with Crippen molar-refractivity contribution in [3.63, 3.8) is 0 Å². The number of hydrogen-bond acceptors (Lipinski definition) is 2. The molecule has 0 N–H and O–H groups in total. The van der Waals surface area contributed by atoms with Crippen LogP contribution in [0.4, 0.5) is 0 Å². The lowest BCUT2D eigenvalue weighted by Crippen LogP contribution is -2.17. The smallest absolute Gasteiger partial charge is 0.0717 e. The van der Waals surface area contributed by atoms with Crippen molar-refractivity contribution in [3.05, 3.63) is 42.0 Å². The van der Waals surface area contributed by atoms with Gasteiger partial charge < -0.3 is 9.64 Å². The third kappa shape index (κ3) is 4.77. The van der Waals surface area contributed by atoms with Gasteiger partial charge in [-0.2, -0.15) is 0 Å². The normalized spacial score (nSPS) is 10.6. The van der Waals surface area contributed by atoms with Gasteiger partial charge in [0, 0.05) is 6.54 Å². The summed E-state index contributed by atoms with van der Waals surface area (Å²) >= 11 is 0. The zero-order valence-corrected chi connectivity index (χ0v) is 9.57. The van der Waals surface area contributed by atoms with Gasteiger partial charge in [0.25, 0.3) is 0 Å². The molecule has 1 rings (SSSR count). The Kier molecular flexibility index (Phi) is 5.08. The van der Waals surface area contributed by atoms with Gasteiger partial charge in [-0.25, -0.2) is 0 Å². The second-order valence-electron chi connectivity index (χ2n) is 3.81. The van der Waals surface area contributed by atoms with E-state index in [0.29, 0.717) is 6.61 Å². The minimum absolute atomic E-state index is 0.676. The average molecular weight is 205 g/mol. The van der Waals surface area contributed by atoms with Crippen LogP contribution in [0.2, 0.25) is 0 Å². The van der Waals surface area contributed by atoms with Crippen LogP contribution in [-0.2, 0) is 11.3 Å². The van der Waals surface area contributed by atoms with Crippen molar-refractivity contribution in [3.8, 4) is 0 Å². The van der Waals surface area contributed by atoms with E-state index < -0.39 is 0 Å². The standard InChI is InChI=1S/C13H19NO/c1-4-12-6-5-7-13(10-12)11-15-9-8-14(2)3/h4-7,10H,1,8-9,11H2,2-3H3. The third-order valence-electron chi connectivity index (χ3n) is 2.14. The maximum atomic E-state index is 5.55. The Morgan fingerprint density at radius 3 is 2.87 bits per heavy atom. The summed E-state index contributed by atoms with van der Waals surface area (Å²) in [6.07, 6.45) is 1.85. The summed E-state index contributed by atoms with van der Waals surface area (Å²) in [6.45, 7) is 6.15. The van der Waals surface area contributed by atoms with Crippen molar-refractivity contribution in [1.82, 2.24) is 4.90 Å². The molecule has 82 valence electrons. The first kappa shape index (κ1) is 12.0. The van der Waals surface area contributed by atoms with Gasteiger partial charge in [-0.05, 0) is 31.3 Å². The number of ether oxygens (including phenoxy) is 1. The Bertz CT molecular complexity index is 307. The van der Waals surface area contributed by atoms with Gasteiger partial charge in [-0.3, -0.25) is 0 Å². The SMILES string of the molecule is C=Cc1cccc(COCCN(C)C)c1. The van der Waals surface area contributed by atoms with Gasteiger partial charge in [-0.15, -0.1) is 0 Å². The van der Waals surface area contributed by atoms with Crippen LogP contribution in [0, 0.1) is 0 Å². The van der Waals surface area contributed by atoms with Gasteiger partial charge in [0.1, 0.15) is 0 Å². The maximum absolute atomic E-state index is 5.55. The molecular weight excluding hydrogens is 186 g/mol. The van der Waals surface area contributed by atoms with Crippen molar-refractivity contribution >= 4 is 6.08 Å². The molecule has 0 fully saturated rings. The Balaban J connectivity index is 2.34. The second kappa shape index (κ2) is 6.38. The molecule has 0 aliphatic carbocycles. The van der Waals surface area contributed by atoms with Crippen molar-refractivity contribution in [1.29, 1.82) is 0 Å². The van der Waals surface area contributed by atoms with Crippen molar-refractivity contribution in [2.24, 2.45) is 0 Å². The highest BCUT2D eigenvalue weighted by Gasteiger charge is 1.95. The first-order valence-corrected chi connectivity index (χ1v) is 5.16. The van der Waals surface area contributed by atoms with E-state index in [1.54, 1.807) is 0 Å². The van der Waals surface area contributed by atoms with Gasteiger partial charge in [0.15, 0.2) is 0 Å². The molecule has 0 saturated carbocycles. The van der Waals surface area contributed by atoms with E-state index >= 15 is 0 Å². The molecule has 1 aromatic carbocycles. The molecule has 0 heterocycles. The second-order valence-corrected chi connectivity index (χ2v) is 3.81. The topological polar surface area (TPSA) is 12.5 Å². The van der Waals surface area contributed by atoms with E-state index in [0.717, 1.165) is 18.7 Å². The zero-order valence-electron chi connectivity index (χ0n) is 9.57. The Morgan fingerprint density at radius 1 is 1.40 bits per heavy atom. The van der Waals surface area contributed by atoms with Gasteiger partial charge >= 0.3 is 0 Å². The highest BCUT2D eigenvalue weighted by Crippen LogP contribution is 2.07. The molecule has 15 heavy (non-hydrogen) atoms. The first-order chi connectivity index (χ1) is 7.22. The van der Waals surface area contributed by atoms with Crippen LogP contribution in [0.1, 0.15) is 11.1 Å². The average Bonchev–Trinajstić information content (AvgIpc) is 2.24. The predicted molar refractivity (Wildman–Crippen MR) is 64.7 cm³/mol. The van der Waals surface area contributed by atoms with Crippen LogP contribution in [0.25, 0.3) is 6.08 Å². The van der Waals surface area contributed by atoms with Crippen LogP contribution >= 0.6 is 0 Å². The van der Waals surface area contributed by atoms with E-state index in [4.69, 9.17) is 4.74 Å². The molecule has 0 atom stereocenters. The lowest BCUT2D eigenvalue weighted by atomic mass is 10.1. The Hall–Kier alpha value is -1.12. The molecule has 0 aromatic heterocycles. The fourth-order valence-corrected chi connectivity index (χ4v) is 1.25. The molecule has 0 amide bonds. The molecule has 1 aromatic rings. The summed E-state index contributed by atoms with van der Waals surface area (Å²) in [5, 5.41) is 0. The third-order valence-corrected chi connectivity index (χ3v) is 2.14. The summed E-state index contributed by atoms with van der Waals surface area (Å²) in [5.41, 5.74) is 2.34. The number of benzene rings is 1. The number of likely N-dealkylation sites (N-methyl/N-ethyl adjacent to an activating group) is 1. The largest absolute Gasteiger partial charge is 0.375 e. The summed E-state index contributed by atoms with van der Waals surface area (Å²) < 4.78 is 5.55. The first-order valence-electron chi connectivity index (χ1n) is 5.16. The van der Waals surface area contributed by atoms with E-state index in [9.17, 15) is 0 Å². The van der Waals surface area contributed by atoms with Crippen LogP contribution in [0.5, 0.6) is 0 Å². The van der Waals surface area contributed by atoms with E-state index in [2.05, 4.69) is 23.6 Å². The van der Waals surface area contributed by atoms with Crippen LogP contribution in [0.15, 0.2) is 30.8 Å². The lowest BCUT2D eigenvalue weighted by Gasteiger charge is -2.10. The lowest BCUT2D eigenvalue weighted by molar-refractivity contribution is 0.105. The molecule has 0 aliphatic rings. The van der Waals surface area contributed by atoms with Crippen LogP contribution < -0.4 is 0 Å².